The maximum Gasteiger partial charge on any atom is 0.316 e. The second-order valence-electron chi connectivity index (χ2n) is 6.07. The van der Waals surface area contributed by atoms with Crippen molar-refractivity contribution in [2.24, 2.45) is 11.7 Å². The van der Waals surface area contributed by atoms with Gasteiger partial charge in [0.1, 0.15) is 0 Å². The average molecular weight is 289 g/mol. The number of carbonyl (C=O) groups excluding carboxylic acids is 1. The summed E-state index contributed by atoms with van der Waals surface area (Å²) in [4.78, 5) is 10.9. The van der Waals surface area contributed by atoms with Gasteiger partial charge in [-0.1, -0.05) is 38.7 Å². The van der Waals surface area contributed by atoms with Gasteiger partial charge in [0.25, 0.3) is 0 Å². The van der Waals surface area contributed by atoms with E-state index in [-0.39, 0.29) is 0 Å². The molecule has 1 aromatic carbocycles. The van der Waals surface area contributed by atoms with E-state index in [0.717, 1.165) is 17.3 Å². The lowest BCUT2D eigenvalue weighted by molar-refractivity contribution is 0.259. The first kappa shape index (κ1) is 15.7. The van der Waals surface area contributed by atoms with Gasteiger partial charge in [0.15, 0.2) is 0 Å². The maximum absolute atomic E-state index is 10.9. The molecular weight excluding hydrogens is 262 g/mol. The molecule has 0 aliphatic heterocycles. The van der Waals surface area contributed by atoms with Gasteiger partial charge in [-0.05, 0) is 43.4 Å². The normalized spacial score (nSPS) is 22.3. The number of hydrogen-bond acceptors (Lipinski definition) is 2. The van der Waals surface area contributed by atoms with Crippen LogP contribution in [-0.4, -0.2) is 12.1 Å². The van der Waals surface area contributed by atoms with Crippen LogP contribution in [0.4, 0.5) is 16.2 Å². The first-order valence-electron chi connectivity index (χ1n) is 8.10. The molecule has 0 bridgehead atoms. The summed E-state index contributed by atoms with van der Waals surface area (Å²) < 4.78 is 0. The summed E-state index contributed by atoms with van der Waals surface area (Å²) in [5, 5.41) is 6.22. The lowest BCUT2D eigenvalue weighted by atomic mass is 9.95. The molecule has 1 aromatic rings. The molecule has 1 fully saturated rings. The number of hydrogen-bond donors (Lipinski definition) is 3. The molecule has 2 rings (SSSR count). The van der Waals surface area contributed by atoms with Crippen molar-refractivity contribution in [3.63, 3.8) is 0 Å². The largest absolute Gasteiger partial charge is 0.382 e. The van der Waals surface area contributed by atoms with E-state index in [1.165, 1.54) is 44.9 Å². The van der Waals surface area contributed by atoms with Crippen molar-refractivity contribution in [1.82, 2.24) is 0 Å². The van der Waals surface area contributed by atoms with Gasteiger partial charge in [0.05, 0.1) is 0 Å². The highest BCUT2D eigenvalue weighted by atomic mass is 16.2. The van der Waals surface area contributed by atoms with Gasteiger partial charge in [-0.25, -0.2) is 4.79 Å². The van der Waals surface area contributed by atoms with Gasteiger partial charge in [0, 0.05) is 17.4 Å². The van der Waals surface area contributed by atoms with Crippen molar-refractivity contribution in [2.75, 3.05) is 10.6 Å². The van der Waals surface area contributed by atoms with E-state index in [0.29, 0.717) is 6.04 Å². The zero-order valence-electron chi connectivity index (χ0n) is 12.9. The zero-order chi connectivity index (χ0) is 15.1. The molecule has 2 unspecified atom stereocenters. The number of urea groups is 1. The first-order chi connectivity index (χ1) is 10.2. The number of nitrogens with one attached hydrogen (secondary N) is 2. The van der Waals surface area contributed by atoms with Crippen LogP contribution < -0.4 is 16.4 Å². The molecule has 2 amide bonds. The highest BCUT2D eigenvalue weighted by Gasteiger charge is 2.18. The Kier molecular flexibility index (Phi) is 5.90. The van der Waals surface area contributed by atoms with Crippen LogP contribution in [0.2, 0.25) is 0 Å². The fourth-order valence-corrected chi connectivity index (χ4v) is 3.28. The number of amides is 2. The molecule has 21 heavy (non-hydrogen) atoms. The smallest absolute Gasteiger partial charge is 0.316 e. The van der Waals surface area contributed by atoms with Crippen molar-refractivity contribution in [3.05, 3.63) is 24.3 Å². The van der Waals surface area contributed by atoms with Crippen molar-refractivity contribution in [3.8, 4) is 0 Å². The number of rotatable bonds is 5. The molecule has 0 radical (unpaired) electrons. The number of nitrogens with two attached hydrogens (primary N) is 1. The molecule has 116 valence electrons. The minimum atomic E-state index is -0.524. The Morgan fingerprint density at radius 1 is 1.24 bits per heavy atom. The van der Waals surface area contributed by atoms with Crippen LogP contribution in [-0.2, 0) is 0 Å². The zero-order valence-corrected chi connectivity index (χ0v) is 12.9. The van der Waals surface area contributed by atoms with Crippen LogP contribution in [0.15, 0.2) is 24.3 Å². The van der Waals surface area contributed by atoms with Gasteiger partial charge in [-0.15, -0.1) is 0 Å². The topological polar surface area (TPSA) is 67.2 Å². The SMILES string of the molecule is CCCC1CCCC(Nc2cccc(NC(N)=O)c2)CC1. The Morgan fingerprint density at radius 2 is 2.05 bits per heavy atom. The monoisotopic (exact) mass is 289 g/mol. The summed E-state index contributed by atoms with van der Waals surface area (Å²) in [6.45, 7) is 2.28. The van der Waals surface area contributed by atoms with E-state index in [4.69, 9.17) is 5.73 Å². The Bertz CT molecular complexity index is 461. The summed E-state index contributed by atoms with van der Waals surface area (Å²) in [7, 11) is 0. The molecule has 1 saturated carbocycles. The van der Waals surface area contributed by atoms with Crippen molar-refractivity contribution in [1.29, 1.82) is 0 Å². The molecule has 2 atom stereocenters. The fourth-order valence-electron chi connectivity index (χ4n) is 3.28. The summed E-state index contributed by atoms with van der Waals surface area (Å²) >= 11 is 0. The Balaban J connectivity index is 1.90. The van der Waals surface area contributed by atoms with E-state index < -0.39 is 6.03 Å². The Hall–Kier alpha value is -1.71. The Morgan fingerprint density at radius 3 is 2.81 bits per heavy atom. The minimum absolute atomic E-state index is 0.524. The predicted octanol–water partition coefficient (Wildman–Crippen LogP) is 4.34. The van der Waals surface area contributed by atoms with E-state index in [1.54, 1.807) is 0 Å². The lowest BCUT2D eigenvalue weighted by Gasteiger charge is -2.18. The number of anilines is 2. The van der Waals surface area contributed by atoms with Gasteiger partial charge < -0.3 is 16.4 Å². The number of carbonyl (C=O) groups is 1. The highest BCUT2D eigenvalue weighted by Crippen LogP contribution is 2.28. The molecule has 1 aliphatic carbocycles. The lowest BCUT2D eigenvalue weighted by Crippen LogP contribution is -2.20. The van der Waals surface area contributed by atoms with Crippen LogP contribution in [0.5, 0.6) is 0 Å². The predicted molar refractivity (Wildman–Crippen MR) is 88.5 cm³/mol. The molecular formula is C17H27N3O. The van der Waals surface area contributed by atoms with Crippen LogP contribution in [0, 0.1) is 5.92 Å². The maximum atomic E-state index is 10.9. The Labute approximate surface area is 127 Å². The fraction of sp³-hybridized carbons (Fsp3) is 0.588. The third-order valence-electron chi connectivity index (χ3n) is 4.29. The molecule has 4 N–H and O–H groups in total. The quantitative estimate of drug-likeness (QED) is 0.706. The second kappa shape index (κ2) is 7.91. The number of primary amides is 1. The highest BCUT2D eigenvalue weighted by molar-refractivity contribution is 5.88. The van der Waals surface area contributed by atoms with Crippen LogP contribution in [0.3, 0.4) is 0 Å². The van der Waals surface area contributed by atoms with E-state index >= 15 is 0 Å². The minimum Gasteiger partial charge on any atom is -0.382 e. The first-order valence-corrected chi connectivity index (χ1v) is 8.10. The summed E-state index contributed by atoms with van der Waals surface area (Å²) in [6.07, 6.45) is 9.13. The van der Waals surface area contributed by atoms with Crippen LogP contribution >= 0.6 is 0 Å². The molecule has 4 heteroatoms. The van der Waals surface area contributed by atoms with Gasteiger partial charge in [-0.3, -0.25) is 0 Å². The van der Waals surface area contributed by atoms with E-state index in [1.807, 2.05) is 24.3 Å². The average Bonchev–Trinajstić information content (AvgIpc) is 2.65. The second-order valence-corrected chi connectivity index (χ2v) is 6.07. The van der Waals surface area contributed by atoms with E-state index in [2.05, 4.69) is 17.6 Å². The van der Waals surface area contributed by atoms with Crippen LogP contribution in [0.25, 0.3) is 0 Å². The van der Waals surface area contributed by atoms with E-state index in [9.17, 15) is 4.79 Å². The van der Waals surface area contributed by atoms with Crippen molar-refractivity contribution < 1.29 is 4.79 Å². The van der Waals surface area contributed by atoms with Crippen LogP contribution in [0.1, 0.15) is 51.9 Å². The van der Waals surface area contributed by atoms with Crippen molar-refractivity contribution in [2.45, 2.75) is 57.9 Å². The molecule has 0 heterocycles. The standard InChI is InChI=1S/C17H27N3O/c1-2-5-13-6-3-7-14(11-10-13)19-15-8-4-9-16(12-15)20-17(18)21/h4,8-9,12-14,19H,2-3,5-7,10-11H2,1H3,(H3,18,20,21). The summed E-state index contributed by atoms with van der Waals surface area (Å²) in [5.74, 6) is 0.907. The van der Waals surface area contributed by atoms with Gasteiger partial charge in [-0.2, -0.15) is 0 Å². The summed E-state index contributed by atoms with van der Waals surface area (Å²) in [5.41, 5.74) is 6.95. The molecule has 4 nitrogen and oxygen atoms in total. The summed E-state index contributed by atoms with van der Waals surface area (Å²) in [6, 6.07) is 7.78. The third kappa shape index (κ3) is 5.29. The molecule has 0 saturated heterocycles. The van der Waals surface area contributed by atoms with Gasteiger partial charge in [0.2, 0.25) is 0 Å². The molecule has 1 aliphatic rings. The molecule has 0 spiro atoms. The van der Waals surface area contributed by atoms with Gasteiger partial charge >= 0.3 is 6.03 Å². The number of benzene rings is 1. The molecule has 0 aromatic heterocycles. The third-order valence-corrected chi connectivity index (χ3v) is 4.29. The van der Waals surface area contributed by atoms with Crippen molar-refractivity contribution >= 4 is 17.4 Å².